The Balaban J connectivity index is 1.54. The van der Waals surface area contributed by atoms with Crippen molar-refractivity contribution in [2.45, 2.75) is 20.0 Å². The van der Waals surface area contributed by atoms with E-state index in [1.165, 1.54) is 5.56 Å². The highest BCUT2D eigenvalue weighted by Crippen LogP contribution is 2.21. The third-order valence-electron chi connectivity index (χ3n) is 4.45. The van der Waals surface area contributed by atoms with E-state index in [9.17, 15) is 4.79 Å². The summed E-state index contributed by atoms with van der Waals surface area (Å²) in [5.41, 5.74) is 2.27. The van der Waals surface area contributed by atoms with E-state index in [4.69, 9.17) is 16.3 Å². The average Bonchev–Trinajstić information content (AvgIpc) is 2.63. The van der Waals surface area contributed by atoms with Crippen LogP contribution >= 0.6 is 11.6 Å². The second-order valence-corrected chi connectivity index (χ2v) is 6.80. The molecule has 4 nitrogen and oxygen atoms in total. The second kappa shape index (κ2) is 7.79. The molecule has 2 aromatic rings. The summed E-state index contributed by atoms with van der Waals surface area (Å²) in [6.07, 6.45) is -0.486. The van der Waals surface area contributed by atoms with Gasteiger partial charge in [-0.2, -0.15) is 0 Å². The fourth-order valence-electron chi connectivity index (χ4n) is 2.99. The lowest BCUT2D eigenvalue weighted by atomic mass is 10.2. The maximum absolute atomic E-state index is 12.6. The van der Waals surface area contributed by atoms with Crippen molar-refractivity contribution in [1.29, 1.82) is 0 Å². The monoisotopic (exact) mass is 358 g/mol. The van der Waals surface area contributed by atoms with Crippen molar-refractivity contribution in [3.05, 3.63) is 59.1 Å². The van der Waals surface area contributed by atoms with Gasteiger partial charge >= 0.3 is 0 Å². The van der Waals surface area contributed by atoms with Gasteiger partial charge in [-0.1, -0.05) is 35.4 Å². The van der Waals surface area contributed by atoms with Crippen LogP contribution in [0.1, 0.15) is 12.5 Å². The molecule has 1 heterocycles. The molecule has 1 aliphatic rings. The SMILES string of the molecule is Cc1ccc(O[C@H](C)C(=O)N2CCN(c3cccc(Cl)c3)CC2)cc1. The van der Waals surface area contributed by atoms with E-state index in [2.05, 4.69) is 4.90 Å². The molecular weight excluding hydrogens is 336 g/mol. The first-order chi connectivity index (χ1) is 12.0. The number of hydrogen-bond donors (Lipinski definition) is 0. The fraction of sp³-hybridized carbons (Fsp3) is 0.350. The molecule has 3 rings (SSSR count). The minimum atomic E-state index is -0.486. The van der Waals surface area contributed by atoms with Crippen molar-refractivity contribution >= 4 is 23.2 Å². The summed E-state index contributed by atoms with van der Waals surface area (Å²) >= 11 is 6.06. The number of hydrogen-bond acceptors (Lipinski definition) is 3. The number of amides is 1. The summed E-state index contributed by atoms with van der Waals surface area (Å²) in [5, 5.41) is 0.733. The zero-order valence-electron chi connectivity index (χ0n) is 14.6. The van der Waals surface area contributed by atoms with Crippen LogP contribution in [-0.2, 0) is 4.79 Å². The lowest BCUT2D eigenvalue weighted by molar-refractivity contribution is -0.138. The molecule has 0 aliphatic carbocycles. The highest BCUT2D eigenvalue weighted by molar-refractivity contribution is 6.30. The normalized spacial score (nSPS) is 15.8. The first kappa shape index (κ1) is 17.6. The van der Waals surface area contributed by atoms with Gasteiger partial charge in [0.2, 0.25) is 0 Å². The van der Waals surface area contributed by atoms with E-state index in [-0.39, 0.29) is 5.91 Å². The molecule has 0 N–H and O–H groups in total. The van der Waals surface area contributed by atoms with Crippen molar-refractivity contribution < 1.29 is 9.53 Å². The number of carbonyl (C=O) groups is 1. The van der Waals surface area contributed by atoms with Gasteiger partial charge in [-0.05, 0) is 44.2 Å². The number of carbonyl (C=O) groups excluding carboxylic acids is 1. The van der Waals surface area contributed by atoms with Crippen LogP contribution in [0.4, 0.5) is 5.69 Å². The molecule has 0 spiro atoms. The Bertz CT molecular complexity index is 725. The van der Waals surface area contributed by atoms with E-state index in [0.29, 0.717) is 13.1 Å². The van der Waals surface area contributed by atoms with Crippen LogP contribution in [0.2, 0.25) is 5.02 Å². The summed E-state index contributed by atoms with van der Waals surface area (Å²) in [7, 11) is 0. The standard InChI is InChI=1S/C20H23ClN2O2/c1-15-6-8-19(9-7-15)25-16(2)20(24)23-12-10-22(11-13-23)18-5-3-4-17(21)14-18/h3-9,14,16H,10-13H2,1-2H3/t16-/m1/s1. The van der Waals surface area contributed by atoms with Gasteiger partial charge in [-0.25, -0.2) is 0 Å². The van der Waals surface area contributed by atoms with Gasteiger partial charge < -0.3 is 14.5 Å². The van der Waals surface area contributed by atoms with Crippen molar-refractivity contribution in [2.24, 2.45) is 0 Å². The summed E-state index contributed by atoms with van der Waals surface area (Å²) in [6, 6.07) is 15.6. The smallest absolute Gasteiger partial charge is 0.263 e. The van der Waals surface area contributed by atoms with E-state index < -0.39 is 6.10 Å². The highest BCUT2D eigenvalue weighted by atomic mass is 35.5. The summed E-state index contributed by atoms with van der Waals surface area (Å²) in [6.45, 7) is 6.80. The summed E-state index contributed by atoms with van der Waals surface area (Å²) < 4.78 is 5.79. The molecule has 1 atom stereocenters. The number of ether oxygens (including phenoxy) is 1. The number of aryl methyl sites for hydroxylation is 1. The largest absolute Gasteiger partial charge is 0.481 e. The van der Waals surface area contributed by atoms with Crippen molar-refractivity contribution in [2.75, 3.05) is 31.1 Å². The van der Waals surface area contributed by atoms with Gasteiger partial charge in [-0.3, -0.25) is 4.79 Å². The lowest BCUT2D eigenvalue weighted by Crippen LogP contribution is -2.52. The molecular formula is C20H23ClN2O2. The molecule has 0 unspecified atom stereocenters. The molecule has 0 radical (unpaired) electrons. The van der Waals surface area contributed by atoms with Gasteiger partial charge in [0.05, 0.1) is 0 Å². The Hall–Kier alpha value is -2.20. The van der Waals surface area contributed by atoms with Crippen molar-refractivity contribution in [1.82, 2.24) is 4.90 Å². The number of anilines is 1. The number of benzene rings is 2. The predicted octanol–water partition coefficient (Wildman–Crippen LogP) is 3.76. The maximum Gasteiger partial charge on any atom is 0.263 e. The van der Waals surface area contributed by atoms with Crippen LogP contribution in [-0.4, -0.2) is 43.1 Å². The highest BCUT2D eigenvalue weighted by Gasteiger charge is 2.26. The van der Waals surface area contributed by atoms with Gasteiger partial charge in [0.25, 0.3) is 5.91 Å². The Kier molecular flexibility index (Phi) is 5.49. The second-order valence-electron chi connectivity index (χ2n) is 6.37. The number of nitrogens with zero attached hydrogens (tertiary/aromatic N) is 2. The Morgan fingerprint density at radius 1 is 1.08 bits per heavy atom. The molecule has 2 aromatic carbocycles. The molecule has 1 aliphatic heterocycles. The van der Waals surface area contributed by atoms with Crippen LogP contribution in [0, 0.1) is 6.92 Å². The Morgan fingerprint density at radius 2 is 1.76 bits per heavy atom. The topological polar surface area (TPSA) is 32.8 Å². The van der Waals surface area contributed by atoms with E-state index in [0.717, 1.165) is 29.5 Å². The molecule has 25 heavy (non-hydrogen) atoms. The summed E-state index contributed by atoms with van der Waals surface area (Å²) in [5.74, 6) is 0.760. The molecule has 5 heteroatoms. The van der Waals surface area contributed by atoms with E-state index in [1.807, 2.05) is 67.3 Å². The van der Waals surface area contributed by atoms with Gasteiger partial charge in [0.15, 0.2) is 6.10 Å². The first-order valence-corrected chi connectivity index (χ1v) is 8.93. The van der Waals surface area contributed by atoms with Crippen LogP contribution in [0.3, 0.4) is 0 Å². The maximum atomic E-state index is 12.6. The molecule has 1 fully saturated rings. The predicted molar refractivity (Wildman–Crippen MR) is 102 cm³/mol. The van der Waals surface area contributed by atoms with Gasteiger partial charge in [0, 0.05) is 36.9 Å². The van der Waals surface area contributed by atoms with Crippen LogP contribution in [0.5, 0.6) is 5.75 Å². The molecule has 0 saturated carbocycles. The first-order valence-electron chi connectivity index (χ1n) is 8.55. The molecule has 1 saturated heterocycles. The van der Waals surface area contributed by atoms with E-state index in [1.54, 1.807) is 0 Å². The Morgan fingerprint density at radius 3 is 2.40 bits per heavy atom. The van der Waals surface area contributed by atoms with Crippen LogP contribution in [0.15, 0.2) is 48.5 Å². The zero-order chi connectivity index (χ0) is 17.8. The number of piperazine rings is 1. The number of halogens is 1. The zero-order valence-corrected chi connectivity index (χ0v) is 15.4. The van der Waals surface area contributed by atoms with Gasteiger partial charge in [0.1, 0.15) is 5.75 Å². The number of rotatable bonds is 4. The third kappa shape index (κ3) is 4.45. The molecule has 0 aromatic heterocycles. The van der Waals surface area contributed by atoms with Crippen molar-refractivity contribution in [3.63, 3.8) is 0 Å². The third-order valence-corrected chi connectivity index (χ3v) is 4.68. The lowest BCUT2D eigenvalue weighted by Gasteiger charge is -2.37. The van der Waals surface area contributed by atoms with E-state index >= 15 is 0 Å². The van der Waals surface area contributed by atoms with Crippen LogP contribution in [0.25, 0.3) is 0 Å². The molecule has 132 valence electrons. The quantitative estimate of drug-likeness (QED) is 0.834. The summed E-state index contributed by atoms with van der Waals surface area (Å²) in [4.78, 5) is 16.8. The minimum absolute atomic E-state index is 0.0336. The molecule has 1 amide bonds. The Labute approximate surface area is 154 Å². The van der Waals surface area contributed by atoms with Gasteiger partial charge in [-0.15, -0.1) is 0 Å². The average molecular weight is 359 g/mol. The minimum Gasteiger partial charge on any atom is -0.481 e. The fourth-order valence-corrected chi connectivity index (χ4v) is 3.17. The van der Waals surface area contributed by atoms with Crippen LogP contribution < -0.4 is 9.64 Å². The molecule has 0 bridgehead atoms. The van der Waals surface area contributed by atoms with Crippen molar-refractivity contribution in [3.8, 4) is 5.75 Å².